The van der Waals surface area contributed by atoms with Gasteiger partial charge in [-0.25, -0.2) is 14.8 Å². The molecule has 3 rings (SSSR count). The van der Waals surface area contributed by atoms with Crippen LogP contribution in [0.3, 0.4) is 0 Å². The van der Waals surface area contributed by atoms with Crippen molar-refractivity contribution in [2.75, 3.05) is 5.32 Å². The average molecular weight is 324 g/mol. The summed E-state index contributed by atoms with van der Waals surface area (Å²) in [6.07, 6.45) is -3.59. The maximum Gasteiger partial charge on any atom is 0.433 e. The Hall–Kier alpha value is -2.87. The van der Waals surface area contributed by atoms with Crippen molar-refractivity contribution in [1.29, 1.82) is 0 Å². The van der Waals surface area contributed by atoms with Crippen molar-refractivity contribution < 1.29 is 18.0 Å². The first-order chi connectivity index (χ1) is 10.7. The lowest BCUT2D eigenvalue weighted by molar-refractivity contribution is -0.141. The number of alkyl halides is 3. The Balaban J connectivity index is 1.99. The summed E-state index contributed by atoms with van der Waals surface area (Å²) in [4.78, 5) is 18.2. The van der Waals surface area contributed by atoms with Crippen LogP contribution in [0.15, 0.2) is 12.3 Å². The van der Waals surface area contributed by atoms with Crippen LogP contribution < -0.4 is 10.6 Å². The smallest absolute Gasteiger partial charge is 0.365 e. The second kappa shape index (κ2) is 4.82. The molecule has 120 valence electrons. The summed E-state index contributed by atoms with van der Waals surface area (Å²) in [5, 5.41) is 12.3. The van der Waals surface area contributed by atoms with Crippen molar-refractivity contribution in [3.05, 3.63) is 29.2 Å². The van der Waals surface area contributed by atoms with Crippen molar-refractivity contribution in [2.24, 2.45) is 0 Å². The van der Waals surface area contributed by atoms with Crippen LogP contribution >= 0.6 is 0 Å². The zero-order valence-electron chi connectivity index (χ0n) is 12.0. The van der Waals surface area contributed by atoms with Crippen LogP contribution in [-0.2, 0) is 16.5 Å². The topological polar surface area (TPSA) is 95.6 Å². The van der Waals surface area contributed by atoms with E-state index in [0.717, 1.165) is 12.3 Å². The van der Waals surface area contributed by atoms with E-state index in [2.05, 4.69) is 30.8 Å². The van der Waals surface area contributed by atoms with E-state index in [9.17, 15) is 18.0 Å². The second-order valence-corrected chi connectivity index (χ2v) is 5.44. The number of nitrogens with one attached hydrogen (secondary N) is 3. The molecule has 0 bridgehead atoms. The first-order valence-corrected chi connectivity index (χ1v) is 6.52. The van der Waals surface area contributed by atoms with Crippen molar-refractivity contribution in [1.82, 2.24) is 25.5 Å². The first kappa shape index (κ1) is 15.0. The number of hydrogen-bond acceptors (Lipinski definition) is 6. The number of aromatic amines is 1. The Bertz CT molecular complexity index is 819. The van der Waals surface area contributed by atoms with Gasteiger partial charge < -0.3 is 10.6 Å². The number of aromatic nitrogens is 4. The van der Waals surface area contributed by atoms with E-state index in [1.165, 1.54) is 0 Å². The molecule has 3 heterocycles. The van der Waals surface area contributed by atoms with E-state index in [0.29, 0.717) is 11.3 Å². The lowest BCUT2D eigenvalue weighted by atomic mass is 10.0. The molecule has 2 aromatic rings. The lowest BCUT2D eigenvalue weighted by Crippen LogP contribution is -2.29. The molecule has 0 saturated carbocycles. The Morgan fingerprint density at radius 3 is 2.74 bits per heavy atom. The van der Waals surface area contributed by atoms with Gasteiger partial charge in [0.15, 0.2) is 11.8 Å². The van der Waals surface area contributed by atoms with Gasteiger partial charge in [-0.3, -0.25) is 5.10 Å². The molecule has 0 saturated heterocycles. The third-order valence-electron chi connectivity index (χ3n) is 3.36. The summed E-state index contributed by atoms with van der Waals surface area (Å²) < 4.78 is 38.0. The van der Waals surface area contributed by atoms with Crippen LogP contribution in [0.4, 0.5) is 24.9 Å². The Morgan fingerprint density at radius 2 is 2.09 bits per heavy atom. The van der Waals surface area contributed by atoms with Gasteiger partial charge in [-0.05, 0) is 19.9 Å². The van der Waals surface area contributed by atoms with E-state index in [1.807, 2.05) is 13.8 Å². The summed E-state index contributed by atoms with van der Waals surface area (Å²) in [6, 6.07) is 0.765. The second-order valence-electron chi connectivity index (χ2n) is 5.44. The fourth-order valence-corrected chi connectivity index (χ4v) is 2.32. The molecule has 1 aliphatic heterocycles. The van der Waals surface area contributed by atoms with Crippen molar-refractivity contribution >= 4 is 23.4 Å². The lowest BCUT2D eigenvalue weighted by Gasteiger charge is -2.17. The zero-order chi connectivity index (χ0) is 16.8. The molecule has 7 nitrogen and oxygen atoms in total. The molecule has 0 atom stereocenters. The fraction of sp³-hybridized carbons (Fsp3) is 0.308. The Kier molecular flexibility index (Phi) is 3.15. The van der Waals surface area contributed by atoms with Crippen molar-refractivity contribution in [3.63, 3.8) is 0 Å². The maximum atomic E-state index is 12.7. The van der Waals surface area contributed by atoms with Crippen molar-refractivity contribution in [3.8, 4) is 0 Å². The number of H-pyrrole nitrogens is 1. The summed E-state index contributed by atoms with van der Waals surface area (Å²) in [7, 11) is 0. The SMILES string of the molecule is CC1(C)NC(=C=O)c2c(Nc3nccc(C(F)(F)F)n3)n[nH]c21. The minimum absolute atomic E-state index is 0.149. The third-order valence-corrected chi connectivity index (χ3v) is 3.36. The van der Waals surface area contributed by atoms with Crippen molar-refractivity contribution in [2.45, 2.75) is 25.6 Å². The molecule has 1 aliphatic rings. The molecule has 0 radical (unpaired) electrons. The predicted octanol–water partition coefficient (Wildman–Crippen LogP) is 1.97. The van der Waals surface area contributed by atoms with E-state index in [1.54, 1.807) is 5.94 Å². The van der Waals surface area contributed by atoms with Gasteiger partial charge in [0.1, 0.15) is 11.4 Å². The molecule has 23 heavy (non-hydrogen) atoms. The number of anilines is 2. The molecular weight excluding hydrogens is 313 g/mol. The van der Waals surface area contributed by atoms with Gasteiger partial charge in [-0.1, -0.05) is 0 Å². The molecule has 0 spiro atoms. The highest BCUT2D eigenvalue weighted by Gasteiger charge is 2.38. The quantitative estimate of drug-likeness (QED) is 0.731. The van der Waals surface area contributed by atoms with Gasteiger partial charge in [-0.2, -0.15) is 18.3 Å². The highest BCUT2D eigenvalue weighted by Crippen LogP contribution is 2.38. The van der Waals surface area contributed by atoms with Crippen LogP contribution in [-0.4, -0.2) is 26.1 Å². The number of halogens is 3. The molecule has 0 unspecified atom stereocenters. The van der Waals surface area contributed by atoms with Crippen LogP contribution in [0.2, 0.25) is 0 Å². The predicted molar refractivity (Wildman–Crippen MR) is 74.2 cm³/mol. The summed E-state index contributed by atoms with van der Waals surface area (Å²) in [5.74, 6) is 1.63. The largest absolute Gasteiger partial charge is 0.433 e. The number of nitrogens with zero attached hydrogens (tertiary/aromatic N) is 3. The highest BCUT2D eigenvalue weighted by molar-refractivity contribution is 5.94. The van der Waals surface area contributed by atoms with E-state index in [4.69, 9.17) is 0 Å². The average Bonchev–Trinajstić information content (AvgIpc) is 2.99. The molecule has 2 aromatic heterocycles. The molecule has 0 aliphatic carbocycles. The summed E-state index contributed by atoms with van der Waals surface area (Å²) >= 11 is 0. The van der Waals surface area contributed by atoms with E-state index >= 15 is 0 Å². The fourth-order valence-electron chi connectivity index (χ4n) is 2.32. The summed E-state index contributed by atoms with van der Waals surface area (Å²) in [6.45, 7) is 3.64. The zero-order valence-corrected chi connectivity index (χ0v) is 12.0. The number of fused-ring (bicyclic) bond motifs is 1. The molecule has 10 heteroatoms. The monoisotopic (exact) mass is 324 g/mol. The van der Waals surface area contributed by atoms with Gasteiger partial charge in [0.05, 0.1) is 16.8 Å². The molecule has 0 aromatic carbocycles. The Labute approximate surface area is 128 Å². The third kappa shape index (κ3) is 2.53. The number of carbonyl (C=O) groups excluding carboxylic acids is 1. The first-order valence-electron chi connectivity index (χ1n) is 6.52. The van der Waals surface area contributed by atoms with Gasteiger partial charge in [0, 0.05) is 6.20 Å². The van der Waals surface area contributed by atoms with E-state index < -0.39 is 17.4 Å². The van der Waals surface area contributed by atoms with Gasteiger partial charge >= 0.3 is 6.18 Å². The van der Waals surface area contributed by atoms with Crippen LogP contribution in [0.5, 0.6) is 0 Å². The van der Waals surface area contributed by atoms with Gasteiger partial charge in [-0.15, -0.1) is 0 Å². The molecule has 0 fully saturated rings. The molecule has 3 N–H and O–H groups in total. The van der Waals surface area contributed by atoms with E-state index in [-0.39, 0.29) is 17.5 Å². The standard InChI is InChI=1S/C13H11F3N6O/c1-12(2)9-8(6(5-23)20-12)10(22-21-9)19-11-17-4-3-7(18-11)13(14,15)16/h3-4,20H,1-2H3,(H2,17,18,19,21,22). The molecular formula is C13H11F3N6O. The van der Waals surface area contributed by atoms with Gasteiger partial charge in [0.25, 0.3) is 0 Å². The Morgan fingerprint density at radius 1 is 1.35 bits per heavy atom. The highest BCUT2D eigenvalue weighted by atomic mass is 19.4. The van der Waals surface area contributed by atoms with Crippen LogP contribution in [0, 0.1) is 0 Å². The van der Waals surface area contributed by atoms with Crippen LogP contribution in [0.1, 0.15) is 30.8 Å². The van der Waals surface area contributed by atoms with Gasteiger partial charge in [0.2, 0.25) is 5.95 Å². The number of rotatable bonds is 2. The minimum atomic E-state index is -4.58. The maximum absolute atomic E-state index is 12.7. The number of hydrogen-bond donors (Lipinski definition) is 3. The summed E-state index contributed by atoms with van der Waals surface area (Å²) in [5.41, 5.74) is -0.472. The van der Waals surface area contributed by atoms with Crippen LogP contribution in [0.25, 0.3) is 5.70 Å². The normalized spacial score (nSPS) is 15.8. The minimum Gasteiger partial charge on any atom is -0.365 e. The molecule has 0 amide bonds.